The van der Waals surface area contributed by atoms with E-state index < -0.39 is 47.5 Å². The topological polar surface area (TPSA) is 163 Å². The molecule has 0 aromatic heterocycles. The monoisotopic (exact) mass is 945 g/mol. The van der Waals surface area contributed by atoms with Gasteiger partial charge in [0.1, 0.15) is 5.78 Å². The third-order valence-electron chi connectivity index (χ3n) is 15.4. The van der Waals surface area contributed by atoms with Gasteiger partial charge in [0.2, 0.25) is 11.8 Å². The number of hydrogen-bond donors (Lipinski definition) is 1. The molecule has 3 fully saturated rings. The van der Waals surface area contributed by atoms with Crippen LogP contribution in [0.2, 0.25) is 0 Å². The fourth-order valence-corrected chi connectivity index (χ4v) is 11.2. The second kappa shape index (κ2) is 24.4. The molecule has 14 heteroatoms. The van der Waals surface area contributed by atoms with Gasteiger partial charge in [-0.15, -0.1) is 0 Å². The van der Waals surface area contributed by atoms with E-state index in [4.69, 9.17) is 14.3 Å². The zero-order valence-electron chi connectivity index (χ0n) is 42.6. The Morgan fingerprint density at radius 3 is 2.07 bits per heavy atom. The van der Waals surface area contributed by atoms with Gasteiger partial charge in [0.05, 0.1) is 54.3 Å². The summed E-state index contributed by atoms with van der Waals surface area (Å²) in [5.41, 5.74) is 1.20. The van der Waals surface area contributed by atoms with E-state index in [1.54, 1.807) is 50.4 Å². The van der Waals surface area contributed by atoms with Gasteiger partial charge in [-0.2, -0.15) is 0 Å². The highest BCUT2D eigenvalue weighted by Crippen LogP contribution is 2.63. The third kappa shape index (κ3) is 12.6. The van der Waals surface area contributed by atoms with Crippen LogP contribution >= 0.6 is 0 Å². The fraction of sp³-hybridized carbons (Fsp3) is 0.667. The average molecular weight is 945 g/mol. The van der Waals surface area contributed by atoms with Gasteiger partial charge in [0.25, 0.3) is 5.91 Å². The SMILES string of the molecule is CC[C@H](C)[C@@H]([C@@H](CC(=O)N1CCC[C@H]1[C@H](OC)[C@@H](C)C(=O)C[C@@]1(C(=O)N2CCCCO2)C[C@@H]1c1ccccc1)OC)N(C)C(=O)[C@@H](CC(=O)[C@H](C(C)C)N(C)Cc1ccc(C(=O)O)cc1)C(C)C. The van der Waals surface area contributed by atoms with Crippen molar-refractivity contribution in [1.82, 2.24) is 19.8 Å². The maximum atomic E-state index is 14.7. The van der Waals surface area contributed by atoms with E-state index in [-0.39, 0.29) is 83.8 Å². The van der Waals surface area contributed by atoms with Crippen LogP contribution in [0.5, 0.6) is 0 Å². The van der Waals surface area contributed by atoms with Crippen LogP contribution in [0.1, 0.15) is 134 Å². The third-order valence-corrected chi connectivity index (χ3v) is 15.4. The number of carboxylic acid groups (broad SMARTS) is 1. The summed E-state index contributed by atoms with van der Waals surface area (Å²) in [5, 5.41) is 10.8. The standard InChI is InChI=1S/C54H80N4O10/c1-12-36(6)49(56(9)51(62)41(34(2)3)29-44(59)48(35(4)5)55(8)33-38-22-24-40(25-23-38)52(63)64)46(66-10)30-47(61)57-26-18-21-43(57)50(67-11)37(7)45(60)32-54(53(65)58-27-16-17-28-68-58)31-42(54)39-19-14-13-15-20-39/h13-15,19-20,22-25,34-37,41-43,46,48-50H,12,16-18,21,26-33H2,1-11H3,(H,63,64)/t36-,37-,41-,42+,43-,46+,48-,49-,50+,54-/m0/s1. The number of hydroxylamine groups is 2. The summed E-state index contributed by atoms with van der Waals surface area (Å²) in [6, 6.07) is 15.2. The lowest BCUT2D eigenvalue weighted by Crippen LogP contribution is -2.54. The lowest BCUT2D eigenvalue weighted by molar-refractivity contribution is -0.203. The first-order chi connectivity index (χ1) is 32.3. The van der Waals surface area contributed by atoms with E-state index in [0.29, 0.717) is 45.5 Å². The first-order valence-electron chi connectivity index (χ1n) is 25.0. The number of amides is 3. The number of aromatic carboxylic acids is 1. The Morgan fingerprint density at radius 2 is 1.51 bits per heavy atom. The van der Waals surface area contributed by atoms with Crippen LogP contribution in [0, 0.1) is 35.0 Å². The summed E-state index contributed by atoms with van der Waals surface area (Å²) >= 11 is 0. The molecule has 1 aliphatic carbocycles. The molecule has 0 radical (unpaired) electrons. The maximum absolute atomic E-state index is 14.7. The number of rotatable bonds is 25. The number of hydrogen-bond acceptors (Lipinski definition) is 10. The number of carbonyl (C=O) groups is 6. The van der Waals surface area contributed by atoms with E-state index in [0.717, 1.165) is 30.4 Å². The molecule has 14 nitrogen and oxygen atoms in total. The van der Waals surface area contributed by atoms with Gasteiger partial charge in [-0.25, -0.2) is 9.86 Å². The summed E-state index contributed by atoms with van der Waals surface area (Å²) in [5.74, 6) is -3.19. The Morgan fingerprint density at radius 1 is 0.838 bits per heavy atom. The summed E-state index contributed by atoms with van der Waals surface area (Å²) in [6.07, 6.45) is 3.23. The quantitative estimate of drug-likeness (QED) is 0.104. The largest absolute Gasteiger partial charge is 0.478 e. The van der Waals surface area contributed by atoms with Crippen molar-refractivity contribution in [3.8, 4) is 0 Å². The molecular formula is C54H80N4O10. The van der Waals surface area contributed by atoms with Crippen molar-refractivity contribution < 1.29 is 48.2 Å². The number of methoxy groups -OCH3 is 2. The number of carbonyl (C=O) groups excluding carboxylic acids is 5. The van der Waals surface area contributed by atoms with Crippen molar-refractivity contribution >= 4 is 35.3 Å². The molecule has 0 bridgehead atoms. The van der Waals surface area contributed by atoms with E-state index >= 15 is 0 Å². The van der Waals surface area contributed by atoms with Crippen LogP contribution in [0.4, 0.5) is 0 Å². The summed E-state index contributed by atoms with van der Waals surface area (Å²) in [6.45, 7) is 15.7. The number of benzene rings is 2. The number of likely N-dealkylation sites (N-methyl/N-ethyl adjacent to an activating group) is 2. The molecule has 68 heavy (non-hydrogen) atoms. The minimum atomic E-state index is -1.00. The van der Waals surface area contributed by atoms with Gasteiger partial charge in [0.15, 0.2) is 5.78 Å². The van der Waals surface area contributed by atoms with Crippen molar-refractivity contribution in [2.45, 2.75) is 149 Å². The molecule has 1 N–H and O–H groups in total. The second-order valence-electron chi connectivity index (χ2n) is 20.6. The molecule has 3 aliphatic rings. The lowest BCUT2D eigenvalue weighted by atomic mass is 9.83. The molecular weight excluding hydrogens is 865 g/mol. The zero-order valence-corrected chi connectivity index (χ0v) is 42.6. The van der Waals surface area contributed by atoms with E-state index in [1.807, 2.05) is 88.7 Å². The zero-order chi connectivity index (χ0) is 50.0. The van der Waals surface area contributed by atoms with Crippen LogP contribution in [-0.4, -0.2) is 138 Å². The van der Waals surface area contributed by atoms with Crippen LogP contribution in [-0.2, 0) is 44.8 Å². The Hall–Kier alpha value is -4.50. The van der Waals surface area contributed by atoms with Crippen molar-refractivity contribution in [2.24, 2.45) is 35.0 Å². The number of likely N-dealkylation sites (tertiary alicyclic amines) is 1. The van der Waals surface area contributed by atoms with E-state index in [1.165, 1.54) is 5.06 Å². The lowest BCUT2D eigenvalue weighted by Gasteiger charge is -2.41. The van der Waals surface area contributed by atoms with Gasteiger partial charge in [-0.05, 0) is 86.1 Å². The Kier molecular flexibility index (Phi) is 19.5. The van der Waals surface area contributed by atoms with Gasteiger partial charge in [-0.3, -0.25) is 33.7 Å². The molecule has 2 aliphatic heterocycles. The van der Waals surface area contributed by atoms with Crippen molar-refractivity contribution in [3.63, 3.8) is 0 Å². The molecule has 5 rings (SSSR count). The number of carboxylic acids is 1. The minimum absolute atomic E-state index is 0.00350. The number of ether oxygens (including phenoxy) is 2. The molecule has 2 heterocycles. The van der Waals surface area contributed by atoms with Crippen molar-refractivity contribution in [3.05, 3.63) is 71.3 Å². The predicted molar refractivity (Wildman–Crippen MR) is 260 cm³/mol. The average Bonchev–Trinajstić information content (AvgIpc) is 3.85. The Labute approximate surface area is 405 Å². The highest BCUT2D eigenvalue weighted by Gasteiger charge is 2.63. The summed E-state index contributed by atoms with van der Waals surface area (Å²) in [7, 11) is 6.79. The summed E-state index contributed by atoms with van der Waals surface area (Å²) < 4.78 is 12.3. The van der Waals surface area contributed by atoms with Gasteiger partial charge >= 0.3 is 5.97 Å². The Balaban J connectivity index is 1.29. The van der Waals surface area contributed by atoms with Gasteiger partial charge < -0.3 is 24.4 Å². The molecule has 10 atom stereocenters. The normalized spacial score (nSPS) is 22.6. The first kappa shape index (κ1) is 54.4. The fourth-order valence-electron chi connectivity index (χ4n) is 11.2. The molecule has 1 saturated carbocycles. The highest BCUT2D eigenvalue weighted by molar-refractivity contribution is 5.94. The predicted octanol–water partition coefficient (Wildman–Crippen LogP) is 7.68. The smallest absolute Gasteiger partial charge is 0.335 e. The Bertz CT molecular complexity index is 2020. The molecule has 376 valence electrons. The van der Waals surface area contributed by atoms with Gasteiger partial charge in [0, 0.05) is 65.6 Å². The molecule has 3 amide bonds. The number of ketones is 2. The van der Waals surface area contributed by atoms with E-state index in [9.17, 15) is 33.9 Å². The maximum Gasteiger partial charge on any atom is 0.335 e. The molecule has 0 unspecified atom stereocenters. The highest BCUT2D eigenvalue weighted by atomic mass is 16.7. The summed E-state index contributed by atoms with van der Waals surface area (Å²) in [4.78, 5) is 94.9. The minimum Gasteiger partial charge on any atom is -0.478 e. The molecule has 0 spiro atoms. The van der Waals surface area contributed by atoms with Crippen LogP contribution < -0.4 is 0 Å². The number of nitrogens with zero attached hydrogens (tertiary/aromatic N) is 4. The van der Waals surface area contributed by atoms with Gasteiger partial charge in [-0.1, -0.05) is 97.4 Å². The second-order valence-corrected chi connectivity index (χ2v) is 20.6. The van der Waals surface area contributed by atoms with Crippen LogP contribution in [0.3, 0.4) is 0 Å². The first-order valence-corrected chi connectivity index (χ1v) is 25.0. The van der Waals surface area contributed by atoms with Crippen molar-refractivity contribution in [1.29, 1.82) is 0 Å². The number of Topliss-reactive ketones (excluding diaryl/α,β-unsaturated/α-hetero) is 2. The van der Waals surface area contributed by atoms with E-state index in [2.05, 4.69) is 6.92 Å². The van der Waals surface area contributed by atoms with Crippen molar-refractivity contribution in [2.75, 3.05) is 48.0 Å². The molecule has 2 aromatic carbocycles. The molecule has 2 aromatic rings. The molecule has 2 saturated heterocycles. The van der Waals surface area contributed by atoms with Crippen LogP contribution in [0.15, 0.2) is 54.6 Å². The van der Waals surface area contributed by atoms with Crippen LogP contribution in [0.25, 0.3) is 0 Å².